The Bertz CT molecular complexity index is 732. The highest BCUT2D eigenvalue weighted by Gasteiger charge is 2.50. The fraction of sp³-hybridized carbons (Fsp3) is 0.421. The number of halogens is 1. The van der Waals surface area contributed by atoms with Crippen molar-refractivity contribution in [2.75, 3.05) is 32.8 Å². The van der Waals surface area contributed by atoms with E-state index in [1.165, 1.54) is 18.4 Å². The Hall–Kier alpha value is -2.18. The molecule has 1 aromatic heterocycles. The summed E-state index contributed by atoms with van der Waals surface area (Å²) in [6.45, 7) is 4.50. The van der Waals surface area contributed by atoms with Crippen LogP contribution >= 0.6 is 0 Å². The van der Waals surface area contributed by atoms with Gasteiger partial charge in [0, 0.05) is 37.5 Å². The van der Waals surface area contributed by atoms with Gasteiger partial charge in [-0.25, -0.2) is 4.39 Å². The fourth-order valence-electron chi connectivity index (χ4n) is 3.91. The van der Waals surface area contributed by atoms with Gasteiger partial charge in [-0.1, -0.05) is 12.1 Å². The zero-order valence-electron chi connectivity index (χ0n) is 13.9. The molecule has 6 heteroatoms. The lowest BCUT2D eigenvalue weighted by Crippen LogP contribution is -2.43. The van der Waals surface area contributed by atoms with Crippen LogP contribution in [-0.2, 0) is 11.3 Å². The van der Waals surface area contributed by atoms with Gasteiger partial charge in [0.05, 0.1) is 19.5 Å². The number of rotatable bonds is 5. The van der Waals surface area contributed by atoms with E-state index in [-0.39, 0.29) is 17.1 Å². The van der Waals surface area contributed by atoms with Crippen molar-refractivity contribution in [1.82, 2.24) is 10.2 Å². The van der Waals surface area contributed by atoms with Crippen molar-refractivity contribution < 1.29 is 18.3 Å². The molecule has 0 aliphatic carbocycles. The topological polar surface area (TPSA) is 54.7 Å². The number of fused-ring (bicyclic) bond motifs is 1. The summed E-state index contributed by atoms with van der Waals surface area (Å²) in [6.07, 6.45) is 1.49. The van der Waals surface area contributed by atoms with Gasteiger partial charge in [-0.2, -0.15) is 0 Å². The molecule has 2 aliphatic rings. The van der Waals surface area contributed by atoms with Gasteiger partial charge in [0.15, 0.2) is 5.76 Å². The van der Waals surface area contributed by atoms with Gasteiger partial charge in [0.2, 0.25) is 0 Å². The molecular formula is C19H21FN2O3. The third kappa shape index (κ3) is 3.32. The number of hydrogen-bond donors (Lipinski definition) is 1. The first-order valence-electron chi connectivity index (χ1n) is 8.51. The molecule has 25 heavy (non-hydrogen) atoms. The minimum atomic E-state index is -0.215. The van der Waals surface area contributed by atoms with E-state index in [1.807, 2.05) is 12.1 Å². The Morgan fingerprint density at radius 1 is 1.32 bits per heavy atom. The zero-order chi connectivity index (χ0) is 17.3. The van der Waals surface area contributed by atoms with Crippen LogP contribution in [0.5, 0.6) is 0 Å². The average Bonchev–Trinajstić information content (AvgIpc) is 3.30. The second-order valence-corrected chi connectivity index (χ2v) is 7.03. The minimum Gasteiger partial charge on any atom is -0.459 e. The summed E-state index contributed by atoms with van der Waals surface area (Å²) < 4.78 is 23.9. The molecule has 2 fully saturated rings. The number of nitrogens with one attached hydrogen (secondary N) is 1. The number of nitrogens with zero attached hydrogens (tertiary/aromatic N) is 1. The van der Waals surface area contributed by atoms with Crippen LogP contribution in [0, 0.1) is 17.2 Å². The van der Waals surface area contributed by atoms with E-state index in [1.54, 1.807) is 12.1 Å². The number of hydrogen-bond acceptors (Lipinski definition) is 4. The van der Waals surface area contributed by atoms with E-state index in [9.17, 15) is 9.18 Å². The summed E-state index contributed by atoms with van der Waals surface area (Å²) in [5, 5.41) is 2.99. The summed E-state index contributed by atoms with van der Waals surface area (Å²) in [5.74, 6) is 0.312. The van der Waals surface area contributed by atoms with Gasteiger partial charge < -0.3 is 14.5 Å². The third-order valence-corrected chi connectivity index (χ3v) is 5.26. The maximum absolute atomic E-state index is 13.1. The highest BCUT2D eigenvalue weighted by atomic mass is 19.1. The van der Waals surface area contributed by atoms with Gasteiger partial charge >= 0.3 is 0 Å². The molecule has 2 atom stereocenters. The van der Waals surface area contributed by atoms with Crippen LogP contribution in [0.2, 0.25) is 0 Å². The van der Waals surface area contributed by atoms with Crippen LogP contribution in [0.15, 0.2) is 47.1 Å². The number of ether oxygens (including phenoxy) is 1. The third-order valence-electron chi connectivity index (χ3n) is 5.26. The molecule has 0 saturated carbocycles. The van der Waals surface area contributed by atoms with Crippen molar-refractivity contribution in [1.29, 1.82) is 0 Å². The molecule has 0 radical (unpaired) electrons. The van der Waals surface area contributed by atoms with Crippen LogP contribution in [0.1, 0.15) is 16.1 Å². The largest absolute Gasteiger partial charge is 0.459 e. The number of carbonyl (C=O) groups excluding carboxylic acids is 1. The van der Waals surface area contributed by atoms with Crippen molar-refractivity contribution in [3.05, 3.63) is 59.8 Å². The Morgan fingerprint density at radius 2 is 2.16 bits per heavy atom. The van der Waals surface area contributed by atoms with E-state index in [0.717, 1.165) is 31.8 Å². The molecular weight excluding hydrogens is 323 g/mol. The van der Waals surface area contributed by atoms with Gasteiger partial charge in [0.1, 0.15) is 5.82 Å². The monoisotopic (exact) mass is 344 g/mol. The standard InChI is InChI=1S/C19H21FN2O3/c20-16-5-3-14(4-6-16)8-22-9-15-10-24-13-19(15,12-22)11-21-18(23)17-2-1-7-25-17/h1-7,15H,8-13H2,(H,21,23)/t15-,19+/m0/s1. The molecule has 2 aliphatic heterocycles. The van der Waals surface area contributed by atoms with Crippen molar-refractivity contribution in [2.45, 2.75) is 6.54 Å². The Balaban J connectivity index is 1.40. The lowest BCUT2D eigenvalue weighted by atomic mass is 9.81. The van der Waals surface area contributed by atoms with E-state index in [0.29, 0.717) is 24.8 Å². The summed E-state index contributed by atoms with van der Waals surface area (Å²) in [7, 11) is 0. The number of amides is 1. The van der Waals surface area contributed by atoms with Gasteiger partial charge in [0.25, 0.3) is 5.91 Å². The molecule has 0 bridgehead atoms. The van der Waals surface area contributed by atoms with Crippen LogP contribution in [-0.4, -0.2) is 43.7 Å². The molecule has 2 saturated heterocycles. The molecule has 2 aromatic rings. The number of furan rings is 1. The van der Waals surface area contributed by atoms with Gasteiger partial charge in [-0.05, 0) is 29.8 Å². The predicted molar refractivity (Wildman–Crippen MR) is 89.5 cm³/mol. The average molecular weight is 344 g/mol. The number of benzene rings is 1. The zero-order valence-corrected chi connectivity index (χ0v) is 13.9. The smallest absolute Gasteiger partial charge is 0.286 e. The fourth-order valence-corrected chi connectivity index (χ4v) is 3.91. The second-order valence-electron chi connectivity index (χ2n) is 7.03. The van der Waals surface area contributed by atoms with E-state index >= 15 is 0 Å². The second kappa shape index (κ2) is 6.61. The van der Waals surface area contributed by atoms with E-state index in [2.05, 4.69) is 10.2 Å². The highest BCUT2D eigenvalue weighted by molar-refractivity contribution is 5.91. The first-order chi connectivity index (χ1) is 12.1. The lowest BCUT2D eigenvalue weighted by molar-refractivity contribution is 0.0878. The van der Waals surface area contributed by atoms with Gasteiger partial charge in [-0.15, -0.1) is 0 Å². The van der Waals surface area contributed by atoms with Crippen LogP contribution in [0.25, 0.3) is 0 Å². The van der Waals surface area contributed by atoms with Gasteiger partial charge in [-0.3, -0.25) is 9.69 Å². The molecule has 1 aromatic carbocycles. The molecule has 0 unspecified atom stereocenters. The van der Waals surface area contributed by atoms with Crippen molar-refractivity contribution >= 4 is 5.91 Å². The first kappa shape index (κ1) is 16.3. The lowest BCUT2D eigenvalue weighted by Gasteiger charge is -2.27. The Morgan fingerprint density at radius 3 is 2.92 bits per heavy atom. The van der Waals surface area contributed by atoms with Crippen LogP contribution in [0.4, 0.5) is 4.39 Å². The molecule has 1 amide bonds. The quantitative estimate of drug-likeness (QED) is 0.904. The van der Waals surface area contributed by atoms with Crippen molar-refractivity contribution in [3.63, 3.8) is 0 Å². The molecule has 3 heterocycles. The summed E-state index contributed by atoms with van der Waals surface area (Å²) in [4.78, 5) is 14.5. The maximum Gasteiger partial charge on any atom is 0.286 e. The molecule has 5 nitrogen and oxygen atoms in total. The molecule has 1 N–H and O–H groups in total. The van der Waals surface area contributed by atoms with Crippen LogP contribution in [0.3, 0.4) is 0 Å². The molecule has 4 rings (SSSR count). The minimum absolute atomic E-state index is 0.0672. The molecule has 132 valence electrons. The number of likely N-dealkylation sites (tertiary alicyclic amines) is 1. The summed E-state index contributed by atoms with van der Waals surface area (Å²) in [6, 6.07) is 10.00. The highest BCUT2D eigenvalue weighted by Crippen LogP contribution is 2.41. The van der Waals surface area contributed by atoms with Crippen LogP contribution < -0.4 is 5.32 Å². The summed E-state index contributed by atoms with van der Waals surface area (Å²) in [5.41, 5.74) is 1.03. The summed E-state index contributed by atoms with van der Waals surface area (Å²) >= 11 is 0. The van der Waals surface area contributed by atoms with Crippen molar-refractivity contribution in [2.24, 2.45) is 11.3 Å². The maximum atomic E-state index is 13.1. The van der Waals surface area contributed by atoms with E-state index < -0.39 is 0 Å². The van der Waals surface area contributed by atoms with Crippen molar-refractivity contribution in [3.8, 4) is 0 Å². The normalized spacial score (nSPS) is 25.9. The number of carbonyl (C=O) groups is 1. The first-order valence-corrected chi connectivity index (χ1v) is 8.51. The predicted octanol–water partition coefficient (Wildman–Crippen LogP) is 2.30. The SMILES string of the molecule is O=C(NC[C@@]12COC[C@@H]1CN(Cc1ccc(F)cc1)C2)c1ccco1. The molecule has 0 spiro atoms. The van der Waals surface area contributed by atoms with E-state index in [4.69, 9.17) is 9.15 Å². The Kier molecular flexibility index (Phi) is 4.31. The Labute approximate surface area is 145 Å².